The van der Waals surface area contributed by atoms with Crippen molar-refractivity contribution < 1.29 is 14.3 Å². The number of hydrogen-bond acceptors (Lipinski definition) is 4. The van der Waals surface area contributed by atoms with Crippen LogP contribution < -0.4 is 20.5 Å². The van der Waals surface area contributed by atoms with Gasteiger partial charge < -0.3 is 20.5 Å². The SMILES string of the molecule is COc1ccc(C(=O)NC2CCCC2N)c(OC)c1. The molecule has 5 nitrogen and oxygen atoms in total. The first kappa shape index (κ1) is 13.7. The lowest BCUT2D eigenvalue weighted by molar-refractivity contribution is 0.0931. The van der Waals surface area contributed by atoms with Gasteiger partial charge in [0.05, 0.1) is 19.8 Å². The summed E-state index contributed by atoms with van der Waals surface area (Å²) >= 11 is 0. The van der Waals surface area contributed by atoms with Gasteiger partial charge in [0.2, 0.25) is 0 Å². The molecular formula is C14H20N2O3. The van der Waals surface area contributed by atoms with Crippen molar-refractivity contribution in [1.82, 2.24) is 5.32 Å². The number of amides is 1. The summed E-state index contributed by atoms with van der Waals surface area (Å²) in [6, 6.07) is 5.25. The lowest BCUT2D eigenvalue weighted by atomic mass is 10.1. The van der Waals surface area contributed by atoms with Crippen molar-refractivity contribution in [3.63, 3.8) is 0 Å². The summed E-state index contributed by atoms with van der Waals surface area (Å²) in [5.41, 5.74) is 6.46. The number of methoxy groups -OCH3 is 2. The predicted molar refractivity (Wildman–Crippen MR) is 72.6 cm³/mol. The number of ether oxygens (including phenoxy) is 2. The summed E-state index contributed by atoms with van der Waals surface area (Å²) in [5.74, 6) is 1.01. The predicted octanol–water partition coefficient (Wildman–Crippen LogP) is 1.31. The fourth-order valence-electron chi connectivity index (χ4n) is 2.40. The van der Waals surface area contributed by atoms with Crippen molar-refractivity contribution >= 4 is 5.91 Å². The van der Waals surface area contributed by atoms with E-state index in [1.807, 2.05) is 0 Å². The molecule has 1 aliphatic carbocycles. The Morgan fingerprint density at radius 2 is 2.11 bits per heavy atom. The lowest BCUT2D eigenvalue weighted by Crippen LogP contribution is -2.44. The quantitative estimate of drug-likeness (QED) is 0.860. The van der Waals surface area contributed by atoms with Crippen molar-refractivity contribution in [3.05, 3.63) is 23.8 Å². The standard InChI is InChI=1S/C14H20N2O3/c1-18-9-6-7-10(13(8-9)19-2)14(17)16-12-5-3-4-11(12)15/h6-8,11-12H,3-5,15H2,1-2H3,(H,16,17). The average molecular weight is 264 g/mol. The minimum absolute atomic E-state index is 0.0493. The van der Waals surface area contributed by atoms with Crippen molar-refractivity contribution in [2.45, 2.75) is 31.3 Å². The maximum Gasteiger partial charge on any atom is 0.255 e. The number of rotatable bonds is 4. The minimum Gasteiger partial charge on any atom is -0.497 e. The van der Waals surface area contributed by atoms with Crippen LogP contribution in [0.15, 0.2) is 18.2 Å². The second-order valence-electron chi connectivity index (χ2n) is 4.74. The summed E-state index contributed by atoms with van der Waals surface area (Å²) in [6.07, 6.45) is 2.96. The van der Waals surface area contributed by atoms with E-state index in [9.17, 15) is 4.79 Å². The highest BCUT2D eigenvalue weighted by Crippen LogP contribution is 2.25. The van der Waals surface area contributed by atoms with E-state index in [0.717, 1.165) is 19.3 Å². The third-order valence-corrected chi connectivity index (χ3v) is 3.54. The molecule has 1 aromatic carbocycles. The Hall–Kier alpha value is -1.75. The van der Waals surface area contributed by atoms with Gasteiger partial charge in [-0.1, -0.05) is 0 Å². The Morgan fingerprint density at radius 3 is 2.68 bits per heavy atom. The van der Waals surface area contributed by atoms with Gasteiger partial charge in [-0.15, -0.1) is 0 Å². The number of nitrogens with one attached hydrogen (secondary N) is 1. The number of carbonyl (C=O) groups excluding carboxylic acids is 1. The first-order chi connectivity index (χ1) is 9.15. The number of carbonyl (C=O) groups is 1. The third-order valence-electron chi connectivity index (χ3n) is 3.54. The van der Waals surface area contributed by atoms with E-state index in [1.165, 1.54) is 7.11 Å². The molecule has 2 rings (SSSR count). The molecule has 0 bridgehead atoms. The fourth-order valence-corrected chi connectivity index (χ4v) is 2.40. The van der Waals surface area contributed by atoms with E-state index in [0.29, 0.717) is 17.1 Å². The van der Waals surface area contributed by atoms with Gasteiger partial charge in [0.15, 0.2) is 0 Å². The maximum atomic E-state index is 12.2. The molecule has 0 spiro atoms. The Morgan fingerprint density at radius 1 is 1.32 bits per heavy atom. The highest BCUT2D eigenvalue weighted by molar-refractivity contribution is 5.97. The van der Waals surface area contributed by atoms with Gasteiger partial charge in [0, 0.05) is 18.2 Å². The first-order valence-corrected chi connectivity index (χ1v) is 6.44. The van der Waals surface area contributed by atoms with Crippen molar-refractivity contribution in [3.8, 4) is 11.5 Å². The molecule has 0 heterocycles. The largest absolute Gasteiger partial charge is 0.497 e. The summed E-state index contributed by atoms with van der Waals surface area (Å²) < 4.78 is 10.3. The molecule has 1 saturated carbocycles. The van der Waals surface area contributed by atoms with Gasteiger partial charge in [0.1, 0.15) is 11.5 Å². The van der Waals surface area contributed by atoms with Crippen molar-refractivity contribution in [2.24, 2.45) is 5.73 Å². The summed E-state index contributed by atoms with van der Waals surface area (Å²) in [4.78, 5) is 12.2. The molecule has 0 aliphatic heterocycles. The van der Waals surface area contributed by atoms with Crippen LogP contribution in [0.5, 0.6) is 11.5 Å². The van der Waals surface area contributed by atoms with Crippen molar-refractivity contribution in [1.29, 1.82) is 0 Å². The second kappa shape index (κ2) is 5.93. The molecule has 1 amide bonds. The molecule has 2 unspecified atom stereocenters. The number of benzene rings is 1. The number of hydrogen-bond donors (Lipinski definition) is 2. The average Bonchev–Trinajstić information content (AvgIpc) is 2.83. The van der Waals surface area contributed by atoms with Gasteiger partial charge in [-0.05, 0) is 31.4 Å². The maximum absolute atomic E-state index is 12.2. The Balaban J connectivity index is 2.14. The highest BCUT2D eigenvalue weighted by atomic mass is 16.5. The van der Waals surface area contributed by atoms with Crippen molar-refractivity contribution in [2.75, 3.05) is 14.2 Å². The van der Waals surface area contributed by atoms with E-state index in [2.05, 4.69) is 5.32 Å². The molecular weight excluding hydrogens is 244 g/mol. The van der Waals surface area contributed by atoms with Crippen LogP contribution in [-0.2, 0) is 0 Å². The molecule has 3 N–H and O–H groups in total. The minimum atomic E-state index is -0.151. The molecule has 1 fully saturated rings. The second-order valence-corrected chi connectivity index (χ2v) is 4.74. The van der Waals surface area contributed by atoms with Crippen LogP contribution in [0, 0.1) is 0 Å². The zero-order valence-corrected chi connectivity index (χ0v) is 11.3. The summed E-state index contributed by atoms with van der Waals surface area (Å²) in [6.45, 7) is 0. The van der Waals surface area contributed by atoms with E-state index >= 15 is 0 Å². The molecule has 1 aliphatic rings. The van der Waals surface area contributed by atoms with Crippen LogP contribution in [0.1, 0.15) is 29.6 Å². The molecule has 2 atom stereocenters. The Kier molecular flexibility index (Phi) is 4.27. The van der Waals surface area contributed by atoms with Gasteiger partial charge in [-0.3, -0.25) is 4.79 Å². The normalized spacial score (nSPS) is 22.1. The Bertz CT molecular complexity index is 462. The van der Waals surface area contributed by atoms with Crippen LogP contribution in [0.3, 0.4) is 0 Å². The third kappa shape index (κ3) is 2.98. The van der Waals surface area contributed by atoms with E-state index in [1.54, 1.807) is 25.3 Å². The summed E-state index contributed by atoms with van der Waals surface area (Å²) in [5, 5.41) is 2.97. The van der Waals surface area contributed by atoms with E-state index < -0.39 is 0 Å². The van der Waals surface area contributed by atoms with Crippen LogP contribution >= 0.6 is 0 Å². The topological polar surface area (TPSA) is 73.6 Å². The fraction of sp³-hybridized carbons (Fsp3) is 0.500. The van der Waals surface area contributed by atoms with Crippen LogP contribution in [0.2, 0.25) is 0 Å². The van der Waals surface area contributed by atoms with Gasteiger partial charge in [-0.2, -0.15) is 0 Å². The first-order valence-electron chi connectivity index (χ1n) is 6.44. The van der Waals surface area contributed by atoms with Gasteiger partial charge in [0.25, 0.3) is 5.91 Å². The molecule has 1 aromatic rings. The van der Waals surface area contributed by atoms with Crippen LogP contribution in [0.4, 0.5) is 0 Å². The molecule has 5 heteroatoms. The van der Waals surface area contributed by atoms with Crippen LogP contribution in [-0.4, -0.2) is 32.2 Å². The van der Waals surface area contributed by atoms with Gasteiger partial charge in [-0.25, -0.2) is 0 Å². The zero-order valence-electron chi connectivity index (χ0n) is 11.3. The monoisotopic (exact) mass is 264 g/mol. The lowest BCUT2D eigenvalue weighted by Gasteiger charge is -2.18. The van der Waals surface area contributed by atoms with Crippen LogP contribution in [0.25, 0.3) is 0 Å². The summed E-state index contributed by atoms with van der Waals surface area (Å²) in [7, 11) is 3.11. The Labute approximate surface area is 113 Å². The molecule has 19 heavy (non-hydrogen) atoms. The zero-order chi connectivity index (χ0) is 13.8. The number of nitrogens with two attached hydrogens (primary N) is 1. The van der Waals surface area contributed by atoms with E-state index in [4.69, 9.17) is 15.2 Å². The highest BCUT2D eigenvalue weighted by Gasteiger charge is 2.26. The molecule has 0 saturated heterocycles. The molecule has 0 radical (unpaired) electrons. The smallest absolute Gasteiger partial charge is 0.255 e. The van der Waals surface area contributed by atoms with E-state index in [-0.39, 0.29) is 18.0 Å². The molecule has 0 aromatic heterocycles. The van der Waals surface area contributed by atoms with Gasteiger partial charge >= 0.3 is 0 Å². The molecule has 104 valence electrons.